The van der Waals surface area contributed by atoms with Crippen LogP contribution in [0.3, 0.4) is 0 Å². The lowest BCUT2D eigenvalue weighted by Crippen LogP contribution is -2.27. The number of rotatable bonds is 0. The van der Waals surface area contributed by atoms with Crippen molar-refractivity contribution in [3.05, 3.63) is 21.7 Å². The Morgan fingerprint density at radius 1 is 1.36 bits per heavy atom. The van der Waals surface area contributed by atoms with Gasteiger partial charge in [-0.1, -0.05) is 15.9 Å². The van der Waals surface area contributed by atoms with E-state index in [9.17, 15) is 0 Å². The van der Waals surface area contributed by atoms with Crippen molar-refractivity contribution in [2.45, 2.75) is 13.0 Å². The first-order chi connectivity index (χ1) is 6.59. The maximum atomic E-state index is 5.95. The standard InChI is InChI=1S/C10H14BrN3/c1-14-3-2-6-7(5-14)8(11)4-9(12)10(6)13/h4H,2-3,5,12-13H2,1H3. The van der Waals surface area contributed by atoms with E-state index in [1.54, 1.807) is 0 Å². The van der Waals surface area contributed by atoms with E-state index in [4.69, 9.17) is 11.5 Å². The summed E-state index contributed by atoms with van der Waals surface area (Å²) >= 11 is 3.53. The minimum atomic E-state index is 0.681. The van der Waals surface area contributed by atoms with Gasteiger partial charge in [0, 0.05) is 17.6 Å². The van der Waals surface area contributed by atoms with Crippen molar-refractivity contribution in [2.24, 2.45) is 0 Å². The summed E-state index contributed by atoms with van der Waals surface area (Å²) in [4.78, 5) is 2.28. The Hall–Kier alpha value is -0.740. The predicted molar refractivity (Wildman–Crippen MR) is 63.0 cm³/mol. The van der Waals surface area contributed by atoms with Gasteiger partial charge in [0.15, 0.2) is 0 Å². The molecule has 2 rings (SSSR count). The minimum Gasteiger partial charge on any atom is -0.397 e. The van der Waals surface area contributed by atoms with Gasteiger partial charge in [0.2, 0.25) is 0 Å². The largest absolute Gasteiger partial charge is 0.397 e. The molecule has 0 bridgehead atoms. The van der Waals surface area contributed by atoms with Crippen LogP contribution in [0, 0.1) is 0 Å². The third-order valence-corrected chi connectivity index (χ3v) is 3.45. The zero-order chi connectivity index (χ0) is 10.3. The molecular weight excluding hydrogens is 242 g/mol. The Morgan fingerprint density at radius 3 is 2.79 bits per heavy atom. The molecule has 0 unspecified atom stereocenters. The van der Waals surface area contributed by atoms with Gasteiger partial charge in [0.05, 0.1) is 11.4 Å². The van der Waals surface area contributed by atoms with Crippen LogP contribution in [0.2, 0.25) is 0 Å². The molecular formula is C10H14BrN3. The van der Waals surface area contributed by atoms with Crippen LogP contribution in [0.5, 0.6) is 0 Å². The zero-order valence-electron chi connectivity index (χ0n) is 8.18. The molecule has 1 heterocycles. The second-order valence-corrected chi connectivity index (χ2v) is 4.66. The molecule has 0 radical (unpaired) electrons. The van der Waals surface area contributed by atoms with Crippen molar-refractivity contribution < 1.29 is 0 Å². The average molecular weight is 256 g/mol. The molecule has 0 spiro atoms. The van der Waals surface area contributed by atoms with E-state index >= 15 is 0 Å². The highest BCUT2D eigenvalue weighted by molar-refractivity contribution is 9.10. The molecule has 0 atom stereocenters. The van der Waals surface area contributed by atoms with Gasteiger partial charge in [-0.2, -0.15) is 0 Å². The predicted octanol–water partition coefficient (Wildman–Crippen LogP) is 1.60. The number of anilines is 2. The molecule has 14 heavy (non-hydrogen) atoms. The van der Waals surface area contributed by atoms with Crippen LogP contribution in [0.4, 0.5) is 11.4 Å². The number of nitrogen functional groups attached to an aromatic ring is 2. The Kier molecular flexibility index (Phi) is 2.41. The van der Waals surface area contributed by atoms with E-state index in [1.165, 1.54) is 11.1 Å². The second kappa shape index (κ2) is 3.44. The van der Waals surface area contributed by atoms with Gasteiger partial charge >= 0.3 is 0 Å². The first-order valence-corrected chi connectivity index (χ1v) is 5.42. The molecule has 0 saturated carbocycles. The van der Waals surface area contributed by atoms with Gasteiger partial charge < -0.3 is 16.4 Å². The number of nitrogens with two attached hydrogens (primary N) is 2. The third-order valence-electron chi connectivity index (χ3n) is 2.74. The van der Waals surface area contributed by atoms with Gasteiger partial charge in [-0.3, -0.25) is 0 Å². The first-order valence-electron chi connectivity index (χ1n) is 4.63. The van der Waals surface area contributed by atoms with Crippen LogP contribution in [-0.2, 0) is 13.0 Å². The molecule has 0 aromatic heterocycles. The summed E-state index contributed by atoms with van der Waals surface area (Å²) < 4.78 is 1.07. The average Bonchev–Trinajstić information content (AvgIpc) is 2.14. The van der Waals surface area contributed by atoms with Gasteiger partial charge in [0.1, 0.15) is 0 Å². The summed E-state index contributed by atoms with van der Waals surface area (Å²) in [6, 6.07) is 1.90. The fourth-order valence-corrected chi connectivity index (χ4v) is 2.50. The van der Waals surface area contributed by atoms with Crippen LogP contribution in [0.1, 0.15) is 11.1 Å². The van der Waals surface area contributed by atoms with Crippen LogP contribution in [0.25, 0.3) is 0 Å². The maximum absolute atomic E-state index is 5.95. The molecule has 0 amide bonds. The number of benzene rings is 1. The van der Waals surface area contributed by atoms with Crippen molar-refractivity contribution in [2.75, 3.05) is 25.1 Å². The highest BCUT2D eigenvalue weighted by Crippen LogP contribution is 2.34. The van der Waals surface area contributed by atoms with Gasteiger partial charge in [-0.25, -0.2) is 0 Å². The summed E-state index contributed by atoms with van der Waals surface area (Å²) in [7, 11) is 2.11. The lowest BCUT2D eigenvalue weighted by atomic mass is 9.97. The number of hydrogen-bond acceptors (Lipinski definition) is 3. The maximum Gasteiger partial charge on any atom is 0.0584 e. The van der Waals surface area contributed by atoms with E-state index in [0.29, 0.717) is 5.69 Å². The molecule has 4 heteroatoms. The fourth-order valence-electron chi connectivity index (χ4n) is 1.89. The zero-order valence-corrected chi connectivity index (χ0v) is 9.76. The Labute approximate surface area is 92.2 Å². The molecule has 1 aliphatic rings. The number of nitrogens with zero attached hydrogens (tertiary/aromatic N) is 1. The smallest absolute Gasteiger partial charge is 0.0584 e. The molecule has 4 N–H and O–H groups in total. The highest BCUT2D eigenvalue weighted by Gasteiger charge is 2.19. The summed E-state index contributed by atoms with van der Waals surface area (Å²) in [6.45, 7) is 1.99. The summed E-state index contributed by atoms with van der Waals surface area (Å²) in [5, 5.41) is 0. The lowest BCUT2D eigenvalue weighted by Gasteiger charge is -2.27. The SMILES string of the molecule is CN1CCc2c(N)c(N)cc(Br)c2C1. The topological polar surface area (TPSA) is 55.3 Å². The summed E-state index contributed by atoms with van der Waals surface area (Å²) in [6.07, 6.45) is 0.987. The Morgan fingerprint density at radius 2 is 2.07 bits per heavy atom. The van der Waals surface area contributed by atoms with Crippen molar-refractivity contribution >= 4 is 27.3 Å². The molecule has 3 nitrogen and oxygen atoms in total. The van der Waals surface area contributed by atoms with Crippen LogP contribution in [0.15, 0.2) is 10.5 Å². The number of halogens is 1. The molecule has 1 aromatic rings. The van der Waals surface area contributed by atoms with Crippen LogP contribution < -0.4 is 11.5 Å². The molecule has 1 aromatic carbocycles. The monoisotopic (exact) mass is 255 g/mol. The van der Waals surface area contributed by atoms with Crippen molar-refractivity contribution in [3.63, 3.8) is 0 Å². The third kappa shape index (κ3) is 1.48. The number of likely N-dealkylation sites (N-methyl/N-ethyl adjacent to an activating group) is 1. The molecule has 76 valence electrons. The van der Waals surface area contributed by atoms with Crippen LogP contribution in [-0.4, -0.2) is 18.5 Å². The first kappa shape index (κ1) is 9.80. The van der Waals surface area contributed by atoms with Gasteiger partial charge in [-0.15, -0.1) is 0 Å². The quantitative estimate of drug-likeness (QED) is 0.693. The summed E-state index contributed by atoms with van der Waals surface area (Å²) in [5.74, 6) is 0. The Balaban J connectivity index is 2.57. The Bertz CT molecular complexity index is 376. The van der Waals surface area contributed by atoms with Crippen molar-refractivity contribution in [1.29, 1.82) is 0 Å². The number of fused-ring (bicyclic) bond motifs is 1. The van der Waals surface area contributed by atoms with E-state index in [1.807, 2.05) is 6.07 Å². The normalized spacial score (nSPS) is 16.7. The van der Waals surface area contributed by atoms with E-state index < -0.39 is 0 Å². The lowest BCUT2D eigenvalue weighted by molar-refractivity contribution is 0.312. The van der Waals surface area contributed by atoms with E-state index in [2.05, 4.69) is 27.9 Å². The van der Waals surface area contributed by atoms with Gasteiger partial charge in [-0.05, 0) is 30.7 Å². The molecule has 0 aliphatic carbocycles. The second-order valence-electron chi connectivity index (χ2n) is 3.81. The van der Waals surface area contributed by atoms with Gasteiger partial charge in [0.25, 0.3) is 0 Å². The number of hydrogen-bond donors (Lipinski definition) is 2. The molecule has 0 saturated heterocycles. The van der Waals surface area contributed by atoms with E-state index in [0.717, 1.165) is 29.7 Å². The highest BCUT2D eigenvalue weighted by atomic mass is 79.9. The van der Waals surface area contributed by atoms with Crippen molar-refractivity contribution in [3.8, 4) is 0 Å². The summed E-state index contributed by atoms with van der Waals surface area (Å²) in [5.41, 5.74) is 15.7. The van der Waals surface area contributed by atoms with Crippen LogP contribution >= 0.6 is 15.9 Å². The molecule has 0 fully saturated rings. The fraction of sp³-hybridized carbons (Fsp3) is 0.400. The van der Waals surface area contributed by atoms with E-state index in [-0.39, 0.29) is 0 Å². The molecule has 1 aliphatic heterocycles. The minimum absolute atomic E-state index is 0.681. The van der Waals surface area contributed by atoms with Crippen molar-refractivity contribution in [1.82, 2.24) is 4.90 Å².